The minimum absolute atomic E-state index is 0.0182. The monoisotopic (exact) mass is 353 g/mol. The fourth-order valence-corrected chi connectivity index (χ4v) is 2.83. The van der Waals surface area contributed by atoms with E-state index in [-0.39, 0.29) is 6.03 Å². The number of nitrogens with one attached hydrogen (secondary N) is 1. The average Bonchev–Trinajstić information content (AvgIpc) is 2.57. The normalized spacial score (nSPS) is 15.0. The highest BCUT2D eigenvalue weighted by atomic mass is 35.5. The van der Waals surface area contributed by atoms with E-state index in [0.29, 0.717) is 19.1 Å². The van der Waals surface area contributed by atoms with E-state index in [9.17, 15) is 4.79 Å². The van der Waals surface area contributed by atoms with Crippen LogP contribution in [-0.2, 0) is 4.74 Å². The Kier molecular flexibility index (Phi) is 7.66. The molecule has 1 fully saturated rings. The first kappa shape index (κ1) is 18.9. The second kappa shape index (κ2) is 9.74. The molecule has 134 valence electrons. The number of piperazine rings is 1. The standard InChI is InChI=1S/C18H28ClN3O2/c1-15(2)14-24-12-4-7-20-18(23)22-10-8-21(9-11-22)17-6-3-5-16(19)13-17/h3,5-6,13,15H,4,7-12,14H2,1-2H3,(H,20,23). The summed E-state index contributed by atoms with van der Waals surface area (Å²) in [5.41, 5.74) is 1.12. The molecule has 1 aromatic rings. The SMILES string of the molecule is CC(C)COCCCNC(=O)N1CCN(c2cccc(Cl)c2)CC1. The second-order valence-electron chi connectivity index (χ2n) is 6.51. The number of urea groups is 1. The minimum atomic E-state index is 0.0182. The molecule has 6 heteroatoms. The van der Waals surface area contributed by atoms with Crippen LogP contribution < -0.4 is 10.2 Å². The summed E-state index contributed by atoms with van der Waals surface area (Å²) in [6.07, 6.45) is 0.848. The summed E-state index contributed by atoms with van der Waals surface area (Å²) in [7, 11) is 0. The Bertz CT molecular complexity index is 517. The predicted octanol–water partition coefficient (Wildman–Crippen LogP) is 3.23. The van der Waals surface area contributed by atoms with Gasteiger partial charge < -0.3 is 19.9 Å². The number of ether oxygens (including phenoxy) is 1. The third-order valence-corrected chi connectivity index (χ3v) is 4.17. The Hall–Kier alpha value is -1.46. The molecule has 0 atom stereocenters. The van der Waals surface area contributed by atoms with Crippen molar-refractivity contribution in [1.29, 1.82) is 0 Å². The topological polar surface area (TPSA) is 44.8 Å². The molecule has 2 amide bonds. The van der Waals surface area contributed by atoms with Gasteiger partial charge in [0.05, 0.1) is 0 Å². The van der Waals surface area contributed by atoms with Crippen LogP contribution in [0.25, 0.3) is 0 Å². The van der Waals surface area contributed by atoms with Gasteiger partial charge >= 0.3 is 6.03 Å². The highest BCUT2D eigenvalue weighted by Crippen LogP contribution is 2.20. The summed E-state index contributed by atoms with van der Waals surface area (Å²) in [6.45, 7) is 9.49. The van der Waals surface area contributed by atoms with Crippen LogP contribution in [0.4, 0.5) is 10.5 Å². The molecule has 0 radical (unpaired) electrons. The Balaban J connectivity index is 1.64. The first-order valence-corrected chi connectivity index (χ1v) is 9.05. The van der Waals surface area contributed by atoms with Crippen molar-refractivity contribution in [3.05, 3.63) is 29.3 Å². The smallest absolute Gasteiger partial charge is 0.317 e. The number of benzene rings is 1. The van der Waals surface area contributed by atoms with E-state index in [1.54, 1.807) is 0 Å². The molecule has 1 saturated heterocycles. The Morgan fingerprint density at radius 2 is 2.04 bits per heavy atom. The second-order valence-corrected chi connectivity index (χ2v) is 6.94. The molecule has 1 aromatic carbocycles. The number of nitrogens with zero attached hydrogens (tertiary/aromatic N) is 2. The van der Waals surface area contributed by atoms with Crippen molar-refractivity contribution in [2.45, 2.75) is 20.3 Å². The molecule has 0 aromatic heterocycles. The van der Waals surface area contributed by atoms with Crippen LogP contribution in [0.3, 0.4) is 0 Å². The molecule has 0 aliphatic carbocycles. The van der Waals surface area contributed by atoms with E-state index < -0.39 is 0 Å². The van der Waals surface area contributed by atoms with Crippen molar-refractivity contribution >= 4 is 23.3 Å². The van der Waals surface area contributed by atoms with Crippen LogP contribution in [0.5, 0.6) is 0 Å². The lowest BCUT2D eigenvalue weighted by atomic mass is 10.2. The highest BCUT2D eigenvalue weighted by Gasteiger charge is 2.20. The van der Waals surface area contributed by atoms with Gasteiger partial charge in [-0.15, -0.1) is 0 Å². The zero-order valence-electron chi connectivity index (χ0n) is 14.6. The molecular formula is C18H28ClN3O2. The number of amides is 2. The van der Waals surface area contributed by atoms with Gasteiger partial charge in [0, 0.05) is 56.6 Å². The van der Waals surface area contributed by atoms with Crippen LogP contribution >= 0.6 is 11.6 Å². The van der Waals surface area contributed by atoms with E-state index in [1.807, 2.05) is 23.1 Å². The summed E-state index contributed by atoms with van der Waals surface area (Å²) in [5.74, 6) is 0.551. The third kappa shape index (κ3) is 6.21. The van der Waals surface area contributed by atoms with Gasteiger partial charge in [-0.3, -0.25) is 0 Å². The number of anilines is 1. The lowest BCUT2D eigenvalue weighted by Crippen LogP contribution is -2.52. The molecule has 0 unspecified atom stereocenters. The van der Waals surface area contributed by atoms with Crippen molar-refractivity contribution in [2.24, 2.45) is 5.92 Å². The maximum atomic E-state index is 12.2. The molecule has 5 nitrogen and oxygen atoms in total. The molecule has 0 bridgehead atoms. The fraction of sp³-hybridized carbons (Fsp3) is 0.611. The van der Waals surface area contributed by atoms with Gasteiger partial charge in [-0.25, -0.2) is 4.79 Å². The molecule has 1 heterocycles. The maximum absolute atomic E-state index is 12.2. The van der Waals surface area contributed by atoms with E-state index in [1.165, 1.54) is 0 Å². The van der Waals surface area contributed by atoms with E-state index >= 15 is 0 Å². The molecular weight excluding hydrogens is 326 g/mol. The van der Waals surface area contributed by atoms with Gasteiger partial charge in [-0.05, 0) is 30.5 Å². The molecule has 0 saturated carbocycles. The number of halogens is 1. The van der Waals surface area contributed by atoms with Gasteiger partial charge in [0.1, 0.15) is 0 Å². The molecule has 2 rings (SSSR count). The van der Waals surface area contributed by atoms with Gasteiger partial charge in [-0.1, -0.05) is 31.5 Å². The zero-order valence-corrected chi connectivity index (χ0v) is 15.4. The van der Waals surface area contributed by atoms with Gasteiger partial charge in [0.2, 0.25) is 0 Å². The molecule has 1 aliphatic rings. The van der Waals surface area contributed by atoms with E-state index in [2.05, 4.69) is 30.1 Å². The van der Waals surface area contributed by atoms with E-state index in [0.717, 1.165) is 49.9 Å². The summed E-state index contributed by atoms with van der Waals surface area (Å²) >= 11 is 6.04. The van der Waals surface area contributed by atoms with E-state index in [4.69, 9.17) is 16.3 Å². The summed E-state index contributed by atoms with van der Waals surface area (Å²) in [4.78, 5) is 16.3. The molecule has 24 heavy (non-hydrogen) atoms. The summed E-state index contributed by atoms with van der Waals surface area (Å²) in [5, 5.41) is 3.71. The van der Waals surface area contributed by atoms with Crippen molar-refractivity contribution < 1.29 is 9.53 Å². The van der Waals surface area contributed by atoms with Crippen LogP contribution in [0, 0.1) is 5.92 Å². The van der Waals surface area contributed by atoms with Gasteiger partial charge in [0.15, 0.2) is 0 Å². The summed E-state index contributed by atoms with van der Waals surface area (Å²) < 4.78 is 5.51. The lowest BCUT2D eigenvalue weighted by molar-refractivity contribution is 0.107. The third-order valence-electron chi connectivity index (χ3n) is 3.93. The van der Waals surface area contributed by atoms with Crippen molar-refractivity contribution in [1.82, 2.24) is 10.2 Å². The molecule has 1 N–H and O–H groups in total. The number of carbonyl (C=O) groups is 1. The molecule has 1 aliphatic heterocycles. The van der Waals surface area contributed by atoms with Crippen molar-refractivity contribution in [3.63, 3.8) is 0 Å². The Morgan fingerprint density at radius 1 is 1.29 bits per heavy atom. The van der Waals surface area contributed by atoms with Crippen LogP contribution in [0.15, 0.2) is 24.3 Å². The Labute approximate surface area is 149 Å². The lowest BCUT2D eigenvalue weighted by Gasteiger charge is -2.36. The first-order chi connectivity index (χ1) is 11.6. The number of hydrogen-bond donors (Lipinski definition) is 1. The minimum Gasteiger partial charge on any atom is -0.381 e. The number of rotatable bonds is 7. The van der Waals surface area contributed by atoms with Crippen LogP contribution in [0.2, 0.25) is 5.02 Å². The average molecular weight is 354 g/mol. The Morgan fingerprint density at radius 3 is 2.71 bits per heavy atom. The maximum Gasteiger partial charge on any atom is 0.317 e. The number of carbonyl (C=O) groups excluding carboxylic acids is 1. The van der Waals surface area contributed by atoms with Gasteiger partial charge in [-0.2, -0.15) is 0 Å². The zero-order chi connectivity index (χ0) is 17.4. The fourth-order valence-electron chi connectivity index (χ4n) is 2.64. The first-order valence-electron chi connectivity index (χ1n) is 8.67. The number of hydrogen-bond acceptors (Lipinski definition) is 3. The molecule has 0 spiro atoms. The quantitative estimate of drug-likeness (QED) is 0.765. The van der Waals surface area contributed by atoms with Crippen LogP contribution in [-0.4, -0.2) is 56.9 Å². The van der Waals surface area contributed by atoms with Crippen molar-refractivity contribution in [3.8, 4) is 0 Å². The summed E-state index contributed by atoms with van der Waals surface area (Å²) in [6, 6.07) is 7.87. The van der Waals surface area contributed by atoms with Crippen LogP contribution in [0.1, 0.15) is 20.3 Å². The predicted molar refractivity (Wildman–Crippen MR) is 98.9 cm³/mol. The van der Waals surface area contributed by atoms with Gasteiger partial charge in [0.25, 0.3) is 0 Å². The highest BCUT2D eigenvalue weighted by molar-refractivity contribution is 6.30. The largest absolute Gasteiger partial charge is 0.381 e. The van der Waals surface area contributed by atoms with Crippen molar-refractivity contribution in [2.75, 3.05) is 50.8 Å².